The van der Waals surface area contributed by atoms with Crippen molar-refractivity contribution in [1.29, 1.82) is 5.26 Å². The quantitative estimate of drug-likeness (QED) is 0.671. The highest BCUT2D eigenvalue weighted by molar-refractivity contribution is 5.92. The van der Waals surface area contributed by atoms with E-state index in [1.807, 2.05) is 12.1 Å². The number of hydrogen-bond donors (Lipinski definition) is 1. The molecule has 28 heavy (non-hydrogen) atoms. The van der Waals surface area contributed by atoms with Gasteiger partial charge in [0.2, 0.25) is 0 Å². The van der Waals surface area contributed by atoms with Crippen LogP contribution in [-0.2, 0) is 19.5 Å². The van der Waals surface area contributed by atoms with Gasteiger partial charge in [0.05, 0.1) is 11.6 Å². The lowest BCUT2D eigenvalue weighted by molar-refractivity contribution is 0.0723. The Morgan fingerprint density at radius 1 is 1.14 bits per heavy atom. The van der Waals surface area contributed by atoms with E-state index in [-0.39, 0.29) is 18.3 Å². The number of rotatable bonds is 7. The monoisotopic (exact) mass is 376 g/mol. The second kappa shape index (κ2) is 8.96. The minimum absolute atomic E-state index is 0.229. The van der Waals surface area contributed by atoms with Gasteiger partial charge in [-0.05, 0) is 47.9 Å². The van der Waals surface area contributed by atoms with Gasteiger partial charge in [0.1, 0.15) is 11.5 Å². The Kier molecular flexibility index (Phi) is 6.18. The van der Waals surface area contributed by atoms with Crippen LogP contribution in [0.25, 0.3) is 0 Å². The van der Waals surface area contributed by atoms with Gasteiger partial charge in [-0.25, -0.2) is 4.39 Å². The fourth-order valence-electron chi connectivity index (χ4n) is 2.99. The molecule has 2 aromatic carbocycles. The molecule has 0 saturated heterocycles. The van der Waals surface area contributed by atoms with Crippen LogP contribution in [0.4, 0.5) is 4.39 Å². The maximum absolute atomic E-state index is 13.6. The molecule has 1 N–H and O–H groups in total. The van der Waals surface area contributed by atoms with Gasteiger partial charge in [0, 0.05) is 18.8 Å². The van der Waals surface area contributed by atoms with Crippen molar-refractivity contribution in [2.24, 2.45) is 0 Å². The predicted octanol–water partition coefficient (Wildman–Crippen LogP) is 4.22. The average Bonchev–Trinajstić information content (AvgIpc) is 3.16. The molecule has 6 heteroatoms. The summed E-state index contributed by atoms with van der Waals surface area (Å²) >= 11 is 0. The van der Waals surface area contributed by atoms with Crippen molar-refractivity contribution in [1.82, 2.24) is 15.1 Å². The van der Waals surface area contributed by atoms with Gasteiger partial charge in [-0.3, -0.25) is 9.89 Å². The lowest BCUT2D eigenvalue weighted by Gasteiger charge is -2.22. The first-order chi connectivity index (χ1) is 13.6. The SMILES string of the molecule is CCCc1cc(C(=O)N(Cc2ccc(C#N)cc2)Cc2cccc(F)c2)n[nH]1. The zero-order valence-electron chi connectivity index (χ0n) is 15.7. The van der Waals surface area contributed by atoms with E-state index in [0.29, 0.717) is 23.4 Å². The molecule has 3 rings (SSSR count). The fraction of sp³-hybridized carbons (Fsp3) is 0.227. The van der Waals surface area contributed by atoms with E-state index in [1.54, 1.807) is 35.2 Å². The molecular formula is C22H21FN4O. The molecule has 0 atom stereocenters. The number of amides is 1. The smallest absolute Gasteiger partial charge is 0.274 e. The Balaban J connectivity index is 1.85. The van der Waals surface area contributed by atoms with Gasteiger partial charge in [0.15, 0.2) is 0 Å². The van der Waals surface area contributed by atoms with Crippen molar-refractivity contribution in [3.63, 3.8) is 0 Å². The molecule has 0 spiro atoms. The lowest BCUT2D eigenvalue weighted by atomic mass is 10.1. The summed E-state index contributed by atoms with van der Waals surface area (Å²) in [6, 6.07) is 17.1. The van der Waals surface area contributed by atoms with Gasteiger partial charge < -0.3 is 4.90 Å². The number of aromatic nitrogens is 2. The van der Waals surface area contributed by atoms with Gasteiger partial charge in [-0.1, -0.05) is 37.6 Å². The Morgan fingerprint density at radius 2 is 1.89 bits per heavy atom. The van der Waals surface area contributed by atoms with Crippen LogP contribution in [0.3, 0.4) is 0 Å². The molecule has 0 bridgehead atoms. The Bertz CT molecular complexity index is 988. The Morgan fingerprint density at radius 3 is 2.57 bits per heavy atom. The number of H-pyrrole nitrogens is 1. The summed E-state index contributed by atoms with van der Waals surface area (Å²) in [5.41, 5.74) is 3.39. The number of halogens is 1. The van der Waals surface area contributed by atoms with Gasteiger partial charge >= 0.3 is 0 Å². The molecule has 1 amide bonds. The second-order valence-corrected chi connectivity index (χ2v) is 6.63. The Labute approximate surface area is 163 Å². The number of aromatic amines is 1. The molecule has 1 heterocycles. The predicted molar refractivity (Wildman–Crippen MR) is 104 cm³/mol. The zero-order valence-corrected chi connectivity index (χ0v) is 15.7. The number of aryl methyl sites for hydroxylation is 1. The summed E-state index contributed by atoms with van der Waals surface area (Å²) in [6.45, 7) is 2.65. The third-order valence-electron chi connectivity index (χ3n) is 4.38. The first-order valence-corrected chi connectivity index (χ1v) is 9.16. The summed E-state index contributed by atoms with van der Waals surface area (Å²) in [5.74, 6) is -0.569. The number of benzene rings is 2. The van der Waals surface area contributed by atoms with Crippen LogP contribution in [0.15, 0.2) is 54.6 Å². The van der Waals surface area contributed by atoms with E-state index < -0.39 is 0 Å². The first kappa shape index (κ1) is 19.3. The standard InChI is InChI=1S/C22H21FN4O/c1-2-4-20-12-21(26-25-20)22(28)27(15-18-5-3-6-19(23)11-18)14-17-9-7-16(13-24)8-10-17/h3,5-12H,2,4,14-15H2,1H3,(H,25,26). The maximum Gasteiger partial charge on any atom is 0.274 e. The van der Waals surface area contributed by atoms with Crippen molar-refractivity contribution in [3.05, 3.63) is 88.5 Å². The van der Waals surface area contributed by atoms with Crippen molar-refractivity contribution in [2.75, 3.05) is 0 Å². The van der Waals surface area contributed by atoms with Gasteiger partial charge in [0.25, 0.3) is 5.91 Å². The van der Waals surface area contributed by atoms with Crippen LogP contribution in [0.2, 0.25) is 0 Å². The molecule has 5 nitrogen and oxygen atoms in total. The number of carbonyl (C=O) groups excluding carboxylic acids is 1. The number of carbonyl (C=O) groups is 1. The summed E-state index contributed by atoms with van der Waals surface area (Å²) < 4.78 is 13.6. The molecule has 0 fully saturated rings. The second-order valence-electron chi connectivity index (χ2n) is 6.63. The molecule has 3 aromatic rings. The van der Waals surface area contributed by atoms with Crippen LogP contribution >= 0.6 is 0 Å². The highest BCUT2D eigenvalue weighted by atomic mass is 19.1. The first-order valence-electron chi connectivity index (χ1n) is 9.16. The summed E-state index contributed by atoms with van der Waals surface area (Å²) in [6.07, 6.45) is 1.77. The van der Waals surface area contributed by atoms with Crippen LogP contribution in [0.5, 0.6) is 0 Å². The normalized spacial score (nSPS) is 10.5. The Hall–Kier alpha value is -3.46. The number of hydrogen-bond acceptors (Lipinski definition) is 3. The van der Waals surface area contributed by atoms with E-state index in [4.69, 9.17) is 5.26 Å². The molecular weight excluding hydrogens is 355 g/mol. The topological polar surface area (TPSA) is 72.8 Å². The highest BCUT2D eigenvalue weighted by Crippen LogP contribution is 2.16. The van der Waals surface area contributed by atoms with Gasteiger partial charge in [-0.2, -0.15) is 10.4 Å². The molecule has 0 radical (unpaired) electrons. The van der Waals surface area contributed by atoms with E-state index in [0.717, 1.165) is 24.1 Å². The van der Waals surface area contributed by atoms with E-state index in [9.17, 15) is 9.18 Å². The molecule has 142 valence electrons. The van der Waals surface area contributed by atoms with Crippen molar-refractivity contribution < 1.29 is 9.18 Å². The third kappa shape index (κ3) is 4.83. The molecule has 0 aliphatic rings. The molecule has 0 aliphatic heterocycles. The average molecular weight is 376 g/mol. The van der Waals surface area contributed by atoms with E-state index >= 15 is 0 Å². The zero-order chi connectivity index (χ0) is 19.9. The largest absolute Gasteiger partial charge is 0.329 e. The number of nitriles is 1. The summed E-state index contributed by atoms with van der Waals surface area (Å²) in [4.78, 5) is 14.7. The minimum atomic E-state index is -0.340. The molecule has 1 aromatic heterocycles. The minimum Gasteiger partial charge on any atom is -0.329 e. The molecule has 0 unspecified atom stereocenters. The van der Waals surface area contributed by atoms with E-state index in [1.165, 1.54) is 12.1 Å². The summed E-state index contributed by atoms with van der Waals surface area (Å²) in [7, 11) is 0. The van der Waals surface area contributed by atoms with E-state index in [2.05, 4.69) is 23.2 Å². The fourth-order valence-corrected chi connectivity index (χ4v) is 2.99. The van der Waals surface area contributed by atoms with Crippen molar-refractivity contribution in [3.8, 4) is 6.07 Å². The molecule has 0 saturated carbocycles. The van der Waals surface area contributed by atoms with Crippen LogP contribution in [0, 0.1) is 17.1 Å². The van der Waals surface area contributed by atoms with Crippen molar-refractivity contribution in [2.45, 2.75) is 32.9 Å². The highest BCUT2D eigenvalue weighted by Gasteiger charge is 2.20. The number of nitrogens with one attached hydrogen (secondary N) is 1. The lowest BCUT2D eigenvalue weighted by Crippen LogP contribution is -2.30. The van der Waals surface area contributed by atoms with Crippen LogP contribution in [-0.4, -0.2) is 21.0 Å². The summed E-state index contributed by atoms with van der Waals surface area (Å²) in [5, 5.41) is 16.0. The van der Waals surface area contributed by atoms with Crippen LogP contribution in [0.1, 0.15) is 46.2 Å². The van der Waals surface area contributed by atoms with Crippen molar-refractivity contribution >= 4 is 5.91 Å². The number of nitrogens with zero attached hydrogens (tertiary/aromatic N) is 3. The molecule has 0 aliphatic carbocycles. The van der Waals surface area contributed by atoms with Gasteiger partial charge in [-0.15, -0.1) is 0 Å². The van der Waals surface area contributed by atoms with Crippen LogP contribution < -0.4 is 0 Å². The third-order valence-corrected chi connectivity index (χ3v) is 4.38. The maximum atomic E-state index is 13.6.